The molecule has 0 N–H and O–H groups in total. The Labute approximate surface area is 156 Å². The van der Waals surface area contributed by atoms with Crippen molar-refractivity contribution in [1.82, 2.24) is 34.5 Å². The number of carbonyl (C=O) groups excluding carboxylic acids is 2. The highest BCUT2D eigenvalue weighted by molar-refractivity contribution is 5.79. The van der Waals surface area contributed by atoms with Gasteiger partial charge in [-0.05, 0) is 12.8 Å². The van der Waals surface area contributed by atoms with Gasteiger partial charge in [0.1, 0.15) is 24.8 Å². The molecule has 142 valence electrons. The van der Waals surface area contributed by atoms with Crippen LogP contribution in [0.5, 0.6) is 0 Å². The van der Waals surface area contributed by atoms with Gasteiger partial charge in [-0.2, -0.15) is 5.10 Å². The number of hydrogen-bond acceptors (Lipinski definition) is 7. The van der Waals surface area contributed by atoms with Crippen molar-refractivity contribution in [1.29, 1.82) is 0 Å². The number of nitrogens with zero attached hydrogens (tertiary/aromatic N) is 8. The molecule has 0 aliphatic carbocycles. The fraction of sp³-hybridized carbons (Fsp3) is 0.529. The summed E-state index contributed by atoms with van der Waals surface area (Å²) >= 11 is 0. The number of piperidine rings is 1. The fourth-order valence-electron chi connectivity index (χ4n) is 3.62. The Morgan fingerprint density at radius 2 is 1.74 bits per heavy atom. The molecule has 27 heavy (non-hydrogen) atoms. The van der Waals surface area contributed by atoms with Crippen molar-refractivity contribution >= 4 is 18.1 Å². The van der Waals surface area contributed by atoms with E-state index >= 15 is 0 Å². The van der Waals surface area contributed by atoms with Gasteiger partial charge >= 0.3 is 0 Å². The van der Waals surface area contributed by atoms with Gasteiger partial charge in [-0.1, -0.05) is 0 Å². The molecular weight excluding hydrogens is 348 g/mol. The second kappa shape index (κ2) is 7.68. The van der Waals surface area contributed by atoms with E-state index in [2.05, 4.69) is 25.0 Å². The van der Waals surface area contributed by atoms with Gasteiger partial charge in [-0.3, -0.25) is 9.59 Å². The normalized spacial score (nSPS) is 18.6. The van der Waals surface area contributed by atoms with Crippen molar-refractivity contribution in [2.45, 2.75) is 12.8 Å². The minimum atomic E-state index is 0.0423. The van der Waals surface area contributed by atoms with Crippen LogP contribution in [0.15, 0.2) is 25.0 Å². The maximum atomic E-state index is 12.8. The lowest BCUT2D eigenvalue weighted by Gasteiger charge is -2.37. The third-order valence-electron chi connectivity index (χ3n) is 5.23. The molecule has 2 aliphatic rings. The smallest absolute Gasteiger partial charge is 0.225 e. The number of anilines is 1. The lowest BCUT2D eigenvalue weighted by Crippen LogP contribution is -2.51. The summed E-state index contributed by atoms with van der Waals surface area (Å²) in [5.74, 6) is 1.76. The van der Waals surface area contributed by atoms with Gasteiger partial charge in [-0.25, -0.2) is 19.6 Å². The van der Waals surface area contributed by atoms with Crippen LogP contribution in [-0.4, -0.2) is 86.1 Å². The van der Waals surface area contributed by atoms with E-state index in [4.69, 9.17) is 0 Å². The third kappa shape index (κ3) is 3.74. The monoisotopic (exact) mass is 370 g/mol. The third-order valence-corrected chi connectivity index (χ3v) is 5.23. The minimum absolute atomic E-state index is 0.0423. The highest BCUT2D eigenvalue weighted by Crippen LogP contribution is 2.24. The summed E-state index contributed by atoms with van der Waals surface area (Å²) < 4.78 is 1.60. The van der Waals surface area contributed by atoms with Gasteiger partial charge in [0.25, 0.3) is 0 Å². The zero-order valence-electron chi connectivity index (χ0n) is 15.0. The Morgan fingerprint density at radius 1 is 1.00 bits per heavy atom. The molecule has 0 unspecified atom stereocenters. The first-order valence-corrected chi connectivity index (χ1v) is 9.15. The van der Waals surface area contributed by atoms with Crippen LogP contribution < -0.4 is 4.90 Å². The number of carbonyl (C=O) groups is 2. The van der Waals surface area contributed by atoms with Gasteiger partial charge < -0.3 is 14.7 Å². The van der Waals surface area contributed by atoms with Crippen LogP contribution in [-0.2, 0) is 9.59 Å². The molecule has 0 saturated carbocycles. The van der Waals surface area contributed by atoms with Crippen LogP contribution in [0.3, 0.4) is 0 Å². The number of hydrogen-bond donors (Lipinski definition) is 0. The summed E-state index contributed by atoms with van der Waals surface area (Å²) in [5, 5.41) is 4.09. The summed E-state index contributed by atoms with van der Waals surface area (Å²) in [6.07, 6.45) is 7.05. The molecule has 0 radical (unpaired) electrons. The van der Waals surface area contributed by atoms with Crippen LogP contribution in [0.4, 0.5) is 5.82 Å². The van der Waals surface area contributed by atoms with E-state index in [-0.39, 0.29) is 11.8 Å². The summed E-state index contributed by atoms with van der Waals surface area (Å²) in [6, 6.07) is 1.88. The lowest BCUT2D eigenvalue weighted by atomic mass is 9.95. The zero-order chi connectivity index (χ0) is 18.6. The van der Waals surface area contributed by atoms with Crippen LogP contribution in [0, 0.1) is 5.92 Å². The number of aromatic nitrogens is 5. The topological polar surface area (TPSA) is 100 Å². The molecule has 0 spiro atoms. The summed E-state index contributed by atoms with van der Waals surface area (Å²) in [7, 11) is 0. The number of rotatable bonds is 4. The first kappa shape index (κ1) is 17.4. The number of piperazine rings is 1. The Hall–Kier alpha value is -3.04. The molecule has 10 heteroatoms. The predicted octanol–water partition coefficient (Wildman–Crippen LogP) is -0.426. The van der Waals surface area contributed by atoms with Crippen molar-refractivity contribution < 1.29 is 9.59 Å². The van der Waals surface area contributed by atoms with Crippen LogP contribution in [0.25, 0.3) is 5.82 Å². The minimum Gasteiger partial charge on any atom is -0.356 e. The Bertz CT molecular complexity index is 780. The molecule has 2 amide bonds. The van der Waals surface area contributed by atoms with Gasteiger partial charge in [0.15, 0.2) is 5.82 Å². The fourth-order valence-corrected chi connectivity index (χ4v) is 3.62. The van der Waals surface area contributed by atoms with Crippen molar-refractivity contribution in [3.8, 4) is 5.82 Å². The van der Waals surface area contributed by atoms with Crippen LogP contribution >= 0.6 is 0 Å². The van der Waals surface area contributed by atoms with Crippen molar-refractivity contribution in [3.63, 3.8) is 0 Å². The average molecular weight is 370 g/mol. The largest absolute Gasteiger partial charge is 0.356 e. The molecule has 0 aromatic carbocycles. The maximum absolute atomic E-state index is 12.8. The standard InChI is InChI=1S/C17H22N8O2/c26-13-22-5-7-24(8-6-22)17(27)14-1-3-23(4-2-14)15-9-16(20-11-19-15)25-12-18-10-21-25/h9-14H,1-8H2. The van der Waals surface area contributed by atoms with Crippen molar-refractivity contribution in [3.05, 3.63) is 25.0 Å². The maximum Gasteiger partial charge on any atom is 0.225 e. The van der Waals surface area contributed by atoms with Crippen molar-refractivity contribution in [2.75, 3.05) is 44.2 Å². The SMILES string of the molecule is O=CN1CCN(C(=O)C2CCN(c3cc(-n4cncn4)ncn3)CC2)CC1. The Morgan fingerprint density at radius 3 is 2.41 bits per heavy atom. The Balaban J connectivity index is 1.35. The van der Waals surface area contributed by atoms with E-state index in [1.807, 2.05) is 11.0 Å². The van der Waals surface area contributed by atoms with E-state index in [0.717, 1.165) is 38.2 Å². The quantitative estimate of drug-likeness (QED) is 0.674. The van der Waals surface area contributed by atoms with Crippen molar-refractivity contribution in [2.24, 2.45) is 5.92 Å². The molecule has 4 heterocycles. The second-order valence-corrected chi connectivity index (χ2v) is 6.80. The van der Waals surface area contributed by atoms with E-state index in [9.17, 15) is 9.59 Å². The number of amides is 2. The van der Waals surface area contributed by atoms with E-state index in [1.165, 1.54) is 12.7 Å². The molecule has 2 aliphatic heterocycles. The predicted molar refractivity (Wildman–Crippen MR) is 96.1 cm³/mol. The van der Waals surface area contributed by atoms with Gasteiger partial charge in [0.05, 0.1) is 0 Å². The zero-order valence-corrected chi connectivity index (χ0v) is 15.0. The van der Waals surface area contributed by atoms with E-state index in [1.54, 1.807) is 15.9 Å². The first-order chi connectivity index (χ1) is 13.2. The molecule has 2 fully saturated rings. The van der Waals surface area contributed by atoms with Crippen LogP contribution in [0.2, 0.25) is 0 Å². The average Bonchev–Trinajstić information content (AvgIpc) is 3.29. The van der Waals surface area contributed by atoms with Gasteiger partial charge in [0, 0.05) is 51.3 Å². The summed E-state index contributed by atoms with van der Waals surface area (Å²) in [6.45, 7) is 4.06. The molecule has 10 nitrogen and oxygen atoms in total. The Kier molecular flexibility index (Phi) is 4.95. The molecule has 0 bridgehead atoms. The highest BCUT2D eigenvalue weighted by atomic mass is 16.2. The van der Waals surface area contributed by atoms with Gasteiger partial charge in [-0.15, -0.1) is 0 Å². The molecule has 2 aromatic rings. The lowest BCUT2D eigenvalue weighted by molar-refractivity contribution is -0.139. The molecule has 4 rings (SSSR count). The van der Waals surface area contributed by atoms with E-state index in [0.29, 0.717) is 32.0 Å². The molecule has 2 aromatic heterocycles. The first-order valence-electron chi connectivity index (χ1n) is 9.15. The summed E-state index contributed by atoms with van der Waals surface area (Å²) in [5.41, 5.74) is 0. The summed E-state index contributed by atoms with van der Waals surface area (Å²) in [4.78, 5) is 41.9. The van der Waals surface area contributed by atoms with Gasteiger partial charge in [0.2, 0.25) is 12.3 Å². The van der Waals surface area contributed by atoms with Crippen LogP contribution in [0.1, 0.15) is 12.8 Å². The second-order valence-electron chi connectivity index (χ2n) is 6.80. The van der Waals surface area contributed by atoms with E-state index < -0.39 is 0 Å². The molecular formula is C17H22N8O2. The highest BCUT2D eigenvalue weighted by Gasteiger charge is 2.30. The molecule has 2 saturated heterocycles. The molecule has 0 atom stereocenters.